The van der Waals surface area contributed by atoms with Crippen LogP contribution >= 0.6 is 27.5 Å². The molecule has 1 rings (SSSR count). The Morgan fingerprint density at radius 3 is 2.24 bits per heavy atom. The van der Waals surface area contributed by atoms with Gasteiger partial charge < -0.3 is 4.74 Å². The Bertz CT molecular complexity index is 433. The predicted molar refractivity (Wildman–Crippen MR) is 50.7 cm³/mol. The van der Waals surface area contributed by atoms with Crippen molar-refractivity contribution in [1.82, 2.24) is 0 Å². The summed E-state index contributed by atoms with van der Waals surface area (Å²) in [5.74, 6) is -3.21. The van der Waals surface area contributed by atoms with Crippen molar-refractivity contribution in [2.45, 2.75) is 12.8 Å². The second-order valence-corrected chi connectivity index (χ2v) is 3.98. The van der Waals surface area contributed by atoms with Crippen molar-refractivity contribution in [3.63, 3.8) is 0 Å². The Kier molecular flexibility index (Phi) is 4.19. The van der Waals surface area contributed by atoms with E-state index in [0.29, 0.717) is 6.07 Å². The Hall–Kier alpha value is -0.630. The van der Waals surface area contributed by atoms with Crippen LogP contribution in [0.25, 0.3) is 0 Å². The second kappa shape index (κ2) is 4.93. The fourth-order valence-corrected chi connectivity index (χ4v) is 1.65. The monoisotopic (exact) mass is 342 g/mol. The molecular formula is C8H2BrClF6O. The van der Waals surface area contributed by atoms with Crippen molar-refractivity contribution in [2.75, 3.05) is 0 Å². The Labute approximate surface area is 104 Å². The van der Waals surface area contributed by atoms with E-state index in [0.717, 1.165) is 0 Å². The molecule has 0 fully saturated rings. The minimum atomic E-state index is -5.29. The molecule has 0 unspecified atom stereocenters. The third kappa shape index (κ3) is 3.41. The van der Waals surface area contributed by atoms with Crippen molar-refractivity contribution in [1.29, 1.82) is 0 Å². The zero-order valence-electron chi connectivity index (χ0n) is 7.59. The van der Waals surface area contributed by atoms with Crippen LogP contribution < -0.4 is 4.74 Å². The summed E-state index contributed by atoms with van der Waals surface area (Å²) in [6.07, 6.45) is -8.70. The molecule has 0 aromatic heterocycles. The van der Waals surface area contributed by atoms with Gasteiger partial charge in [-0.15, -0.1) is 13.2 Å². The fraction of sp³-hybridized carbons (Fsp3) is 0.250. The van der Waals surface area contributed by atoms with E-state index in [4.69, 9.17) is 11.6 Å². The van der Waals surface area contributed by atoms with Crippen LogP contribution in [-0.2, 0) is 0 Å². The highest BCUT2D eigenvalue weighted by Gasteiger charge is 2.36. The molecule has 1 aromatic carbocycles. The smallest absolute Gasteiger partial charge is 0.402 e. The lowest BCUT2D eigenvalue weighted by Crippen LogP contribution is -2.19. The van der Waals surface area contributed by atoms with Gasteiger partial charge in [-0.3, -0.25) is 0 Å². The molecule has 0 N–H and O–H groups in total. The first kappa shape index (κ1) is 14.4. The number of rotatable bonds is 2. The molecule has 0 spiro atoms. The van der Waals surface area contributed by atoms with Crippen molar-refractivity contribution in [3.05, 3.63) is 26.9 Å². The average molecular weight is 343 g/mol. The van der Waals surface area contributed by atoms with Gasteiger partial charge in [0.05, 0.1) is 10.6 Å². The molecule has 0 atom stereocenters. The van der Waals surface area contributed by atoms with Gasteiger partial charge in [0, 0.05) is 4.47 Å². The standard InChI is InChI=1S/C8H2BrClF6O/c9-2-1-3(11)6(17-8(14,15)16)4(5(2)10)7(12)13/h1,7H. The summed E-state index contributed by atoms with van der Waals surface area (Å²) >= 11 is 7.99. The summed E-state index contributed by atoms with van der Waals surface area (Å²) in [5.41, 5.74) is -1.35. The van der Waals surface area contributed by atoms with Crippen LogP contribution in [0.3, 0.4) is 0 Å². The van der Waals surface area contributed by atoms with Crippen molar-refractivity contribution >= 4 is 27.5 Å². The summed E-state index contributed by atoms with van der Waals surface area (Å²) in [6, 6.07) is 0.509. The molecule has 0 aliphatic rings. The van der Waals surface area contributed by atoms with Crippen LogP contribution in [0, 0.1) is 5.82 Å². The van der Waals surface area contributed by atoms with Gasteiger partial charge in [0.1, 0.15) is 0 Å². The third-order valence-electron chi connectivity index (χ3n) is 1.60. The normalized spacial score (nSPS) is 12.1. The summed E-state index contributed by atoms with van der Waals surface area (Å²) in [7, 11) is 0. The van der Waals surface area contributed by atoms with E-state index in [1.807, 2.05) is 0 Å². The van der Waals surface area contributed by atoms with Gasteiger partial charge in [-0.05, 0) is 22.0 Å². The molecule has 0 radical (unpaired) electrons. The maximum absolute atomic E-state index is 13.1. The molecule has 0 amide bonds. The van der Waals surface area contributed by atoms with E-state index in [9.17, 15) is 26.3 Å². The zero-order valence-corrected chi connectivity index (χ0v) is 9.93. The molecular weight excluding hydrogens is 341 g/mol. The first-order valence-corrected chi connectivity index (χ1v) is 5.02. The molecule has 96 valence electrons. The van der Waals surface area contributed by atoms with E-state index in [1.165, 1.54) is 0 Å². The quantitative estimate of drug-likeness (QED) is 0.538. The topological polar surface area (TPSA) is 9.23 Å². The number of halogens is 8. The zero-order chi connectivity index (χ0) is 13.4. The summed E-state index contributed by atoms with van der Waals surface area (Å²) in [4.78, 5) is 0. The predicted octanol–water partition coefficient (Wildman–Crippen LogP) is 5.08. The molecule has 0 heterocycles. The van der Waals surface area contributed by atoms with Gasteiger partial charge in [0.15, 0.2) is 11.6 Å². The fourth-order valence-electron chi connectivity index (χ4n) is 1.01. The van der Waals surface area contributed by atoms with Crippen molar-refractivity contribution < 1.29 is 31.1 Å². The Morgan fingerprint density at radius 2 is 1.82 bits per heavy atom. The van der Waals surface area contributed by atoms with Gasteiger partial charge in [-0.2, -0.15) is 0 Å². The van der Waals surface area contributed by atoms with Crippen molar-refractivity contribution in [3.8, 4) is 5.75 Å². The molecule has 9 heteroatoms. The van der Waals surface area contributed by atoms with Crippen LogP contribution in [0.4, 0.5) is 26.3 Å². The van der Waals surface area contributed by atoms with Gasteiger partial charge in [-0.1, -0.05) is 11.6 Å². The minimum absolute atomic E-state index is 0.290. The van der Waals surface area contributed by atoms with Crippen LogP contribution in [0.2, 0.25) is 5.02 Å². The van der Waals surface area contributed by atoms with Gasteiger partial charge in [-0.25, -0.2) is 13.2 Å². The molecule has 0 aliphatic carbocycles. The largest absolute Gasteiger partial charge is 0.573 e. The molecule has 0 aliphatic heterocycles. The average Bonchev–Trinajstić information content (AvgIpc) is 2.11. The van der Waals surface area contributed by atoms with Crippen LogP contribution in [0.15, 0.2) is 10.5 Å². The lowest BCUT2D eigenvalue weighted by Gasteiger charge is -2.15. The van der Waals surface area contributed by atoms with E-state index >= 15 is 0 Å². The van der Waals surface area contributed by atoms with Crippen LogP contribution in [0.5, 0.6) is 5.75 Å². The molecule has 0 saturated heterocycles. The maximum Gasteiger partial charge on any atom is 0.573 e. The summed E-state index contributed by atoms with van der Waals surface area (Å²) < 4.78 is 76.8. The minimum Gasteiger partial charge on any atom is -0.402 e. The number of alkyl halides is 5. The van der Waals surface area contributed by atoms with E-state index in [2.05, 4.69) is 20.7 Å². The van der Waals surface area contributed by atoms with Gasteiger partial charge >= 0.3 is 6.36 Å². The molecule has 0 saturated carbocycles. The van der Waals surface area contributed by atoms with Crippen LogP contribution in [0.1, 0.15) is 12.0 Å². The number of hydrogen-bond acceptors (Lipinski definition) is 1. The Morgan fingerprint density at radius 1 is 1.29 bits per heavy atom. The van der Waals surface area contributed by atoms with E-state index < -0.39 is 34.9 Å². The molecule has 17 heavy (non-hydrogen) atoms. The summed E-state index contributed by atoms with van der Waals surface area (Å²) in [5, 5.41) is -0.736. The van der Waals surface area contributed by atoms with Gasteiger partial charge in [0.2, 0.25) is 0 Å². The lowest BCUT2D eigenvalue weighted by molar-refractivity contribution is -0.276. The van der Waals surface area contributed by atoms with Gasteiger partial charge in [0.25, 0.3) is 6.43 Å². The highest BCUT2D eigenvalue weighted by atomic mass is 79.9. The Balaban J connectivity index is 3.41. The van der Waals surface area contributed by atoms with Crippen LogP contribution in [-0.4, -0.2) is 6.36 Å². The molecule has 1 nitrogen and oxygen atoms in total. The first-order valence-electron chi connectivity index (χ1n) is 3.84. The van der Waals surface area contributed by atoms with E-state index in [1.54, 1.807) is 0 Å². The van der Waals surface area contributed by atoms with Crippen molar-refractivity contribution in [2.24, 2.45) is 0 Å². The lowest BCUT2D eigenvalue weighted by atomic mass is 10.2. The number of ether oxygens (including phenoxy) is 1. The number of hydrogen-bond donors (Lipinski definition) is 0. The third-order valence-corrected chi connectivity index (χ3v) is 2.86. The highest BCUT2D eigenvalue weighted by Crippen LogP contribution is 2.43. The highest BCUT2D eigenvalue weighted by molar-refractivity contribution is 9.10. The first-order chi connectivity index (χ1) is 7.63. The summed E-state index contributed by atoms with van der Waals surface area (Å²) in [6.45, 7) is 0. The number of benzene rings is 1. The molecule has 0 bridgehead atoms. The maximum atomic E-state index is 13.1. The molecule has 1 aromatic rings. The van der Waals surface area contributed by atoms with E-state index in [-0.39, 0.29) is 4.47 Å². The SMILES string of the molecule is Fc1cc(Br)c(Cl)c(C(F)F)c1OC(F)(F)F. The second-order valence-electron chi connectivity index (χ2n) is 2.75.